The van der Waals surface area contributed by atoms with E-state index in [0.717, 1.165) is 25.9 Å². The Hall–Kier alpha value is -3.47. The number of likely N-dealkylation sites (tertiary alicyclic amines) is 1. The fourth-order valence-corrected chi connectivity index (χ4v) is 5.64. The summed E-state index contributed by atoms with van der Waals surface area (Å²) in [6.07, 6.45) is 5.72. The van der Waals surface area contributed by atoms with Crippen LogP contribution in [0.15, 0.2) is 115 Å². The van der Waals surface area contributed by atoms with E-state index in [9.17, 15) is 4.39 Å². The second kappa shape index (κ2) is 12.9. The fraction of sp³-hybridized carbons (Fsp3) is 0.294. The number of nitrogens with zero attached hydrogens (tertiary/aromatic N) is 1. The molecule has 1 unspecified atom stereocenters. The second-order valence-electron chi connectivity index (χ2n) is 10.0. The summed E-state index contributed by atoms with van der Waals surface area (Å²) in [5.74, 6) is 0.465. The predicted molar refractivity (Wildman–Crippen MR) is 153 cm³/mol. The monoisotopic (exact) mass is 508 g/mol. The Morgan fingerprint density at radius 1 is 0.684 bits per heavy atom. The van der Waals surface area contributed by atoms with Crippen LogP contribution in [-0.4, -0.2) is 30.8 Å². The van der Waals surface area contributed by atoms with Gasteiger partial charge < -0.3 is 4.74 Å². The average Bonchev–Trinajstić information content (AvgIpc) is 3.00. The lowest BCUT2D eigenvalue weighted by Crippen LogP contribution is -2.57. The number of hydrogen-bond acceptors (Lipinski definition) is 3. The molecule has 0 aromatic heterocycles. The zero-order valence-corrected chi connectivity index (χ0v) is 21.9. The summed E-state index contributed by atoms with van der Waals surface area (Å²) in [6.45, 7) is 2.77. The van der Waals surface area contributed by atoms with Gasteiger partial charge in [0.1, 0.15) is 11.6 Å². The molecule has 3 nitrogen and oxygen atoms in total. The van der Waals surface area contributed by atoms with Crippen LogP contribution in [0.4, 0.5) is 4.39 Å². The number of rotatable bonds is 11. The summed E-state index contributed by atoms with van der Waals surface area (Å²) in [4.78, 5) is 2.62. The molecule has 0 aliphatic carbocycles. The second-order valence-corrected chi connectivity index (χ2v) is 10.0. The Balaban J connectivity index is 1.48. The molecule has 0 spiro atoms. The minimum Gasteiger partial charge on any atom is -0.494 e. The first kappa shape index (κ1) is 26.1. The Bertz CT molecular complexity index is 1130. The molecule has 196 valence electrons. The largest absolute Gasteiger partial charge is 0.494 e. The molecule has 1 aliphatic heterocycles. The van der Waals surface area contributed by atoms with E-state index in [1.807, 2.05) is 0 Å². The minimum absolute atomic E-state index is 0.160. The number of hydrogen-bond donors (Lipinski definition) is 1. The molecule has 4 aromatic carbocycles. The average molecular weight is 509 g/mol. The van der Waals surface area contributed by atoms with Gasteiger partial charge in [0.2, 0.25) is 0 Å². The van der Waals surface area contributed by atoms with Crippen LogP contribution in [0.3, 0.4) is 0 Å². The van der Waals surface area contributed by atoms with Crippen molar-refractivity contribution >= 4 is 0 Å². The minimum atomic E-state index is -0.510. The molecule has 1 atom stereocenters. The van der Waals surface area contributed by atoms with Gasteiger partial charge in [-0.25, -0.2) is 4.39 Å². The van der Waals surface area contributed by atoms with Gasteiger partial charge >= 0.3 is 0 Å². The maximum absolute atomic E-state index is 13.3. The lowest BCUT2D eigenvalue weighted by Gasteiger charge is -2.44. The van der Waals surface area contributed by atoms with Crippen molar-refractivity contribution in [2.75, 3.05) is 19.7 Å². The van der Waals surface area contributed by atoms with Crippen molar-refractivity contribution in [2.45, 2.75) is 43.8 Å². The molecule has 1 fully saturated rings. The molecule has 0 bridgehead atoms. The van der Waals surface area contributed by atoms with Crippen molar-refractivity contribution in [1.82, 2.24) is 10.2 Å². The van der Waals surface area contributed by atoms with E-state index in [-0.39, 0.29) is 12.0 Å². The number of piperidine rings is 1. The Labute approximate surface area is 226 Å². The smallest absolute Gasteiger partial charge is 0.123 e. The van der Waals surface area contributed by atoms with Crippen molar-refractivity contribution in [3.63, 3.8) is 0 Å². The Morgan fingerprint density at radius 3 is 1.68 bits per heavy atom. The first-order valence-corrected chi connectivity index (χ1v) is 13.8. The van der Waals surface area contributed by atoms with E-state index in [2.05, 4.69) is 101 Å². The molecule has 1 heterocycles. The van der Waals surface area contributed by atoms with Crippen LogP contribution in [-0.2, 0) is 5.54 Å². The van der Waals surface area contributed by atoms with Gasteiger partial charge in [0.05, 0.1) is 18.3 Å². The third-order valence-corrected chi connectivity index (χ3v) is 7.54. The molecule has 4 aromatic rings. The van der Waals surface area contributed by atoms with Gasteiger partial charge in [-0.05, 0) is 79.7 Å². The van der Waals surface area contributed by atoms with Gasteiger partial charge in [0.25, 0.3) is 0 Å². The van der Waals surface area contributed by atoms with Gasteiger partial charge in [0, 0.05) is 0 Å². The van der Waals surface area contributed by atoms with Crippen molar-refractivity contribution in [1.29, 1.82) is 0 Å². The summed E-state index contributed by atoms with van der Waals surface area (Å²) >= 11 is 0. The molecule has 1 N–H and O–H groups in total. The first-order valence-electron chi connectivity index (χ1n) is 13.8. The number of nitrogens with one attached hydrogen (secondary N) is 1. The van der Waals surface area contributed by atoms with Crippen molar-refractivity contribution in [3.05, 3.63) is 138 Å². The summed E-state index contributed by atoms with van der Waals surface area (Å²) in [6, 6.07) is 38.7. The van der Waals surface area contributed by atoms with Crippen LogP contribution < -0.4 is 10.1 Å². The molecule has 1 saturated heterocycles. The highest BCUT2D eigenvalue weighted by Crippen LogP contribution is 2.38. The first-order chi connectivity index (χ1) is 18.8. The van der Waals surface area contributed by atoms with E-state index in [0.29, 0.717) is 12.4 Å². The lowest BCUT2D eigenvalue weighted by atomic mass is 9.76. The Kier molecular flexibility index (Phi) is 8.85. The standard InChI is InChI=1S/C34H37FN2O/c35-31-21-23-32(24-22-31)38-27-13-20-33(37-25-11-4-12-26-37)36-34(28-14-5-1-6-15-28,29-16-7-2-8-17-29)30-18-9-3-10-19-30/h1-3,5-10,14-19,21-24,33,36H,4,11-13,20,25-27H2. The van der Waals surface area contributed by atoms with Gasteiger partial charge in [-0.2, -0.15) is 0 Å². The fourth-order valence-electron chi connectivity index (χ4n) is 5.64. The SMILES string of the molecule is Fc1ccc(OCCCC(NC(c2ccccc2)(c2ccccc2)c2ccccc2)N2CCCCC2)cc1. The topological polar surface area (TPSA) is 24.5 Å². The molecule has 0 saturated carbocycles. The van der Waals surface area contributed by atoms with Crippen molar-refractivity contribution < 1.29 is 9.13 Å². The lowest BCUT2D eigenvalue weighted by molar-refractivity contribution is 0.105. The molecule has 5 rings (SSSR count). The number of halogens is 1. The predicted octanol–water partition coefficient (Wildman–Crippen LogP) is 7.38. The van der Waals surface area contributed by atoms with Crippen molar-refractivity contribution in [3.8, 4) is 5.75 Å². The van der Waals surface area contributed by atoms with Gasteiger partial charge in [0.15, 0.2) is 0 Å². The summed E-state index contributed by atoms with van der Waals surface area (Å²) in [5, 5.41) is 4.21. The van der Waals surface area contributed by atoms with E-state index in [1.54, 1.807) is 12.1 Å². The van der Waals surface area contributed by atoms with Crippen molar-refractivity contribution in [2.24, 2.45) is 0 Å². The highest BCUT2D eigenvalue weighted by Gasteiger charge is 2.39. The Morgan fingerprint density at radius 2 is 1.18 bits per heavy atom. The summed E-state index contributed by atoms with van der Waals surface area (Å²) in [5.41, 5.74) is 3.16. The third kappa shape index (κ3) is 6.15. The quantitative estimate of drug-likeness (QED) is 0.169. The van der Waals surface area contributed by atoms with Crippen LogP contribution in [0, 0.1) is 5.82 Å². The number of ether oxygens (including phenoxy) is 1. The van der Waals surface area contributed by atoms with Gasteiger partial charge in [-0.15, -0.1) is 0 Å². The van der Waals surface area contributed by atoms with Crippen LogP contribution in [0.25, 0.3) is 0 Å². The molecule has 1 aliphatic rings. The summed E-state index contributed by atoms with van der Waals surface area (Å²) in [7, 11) is 0. The molecule has 0 radical (unpaired) electrons. The van der Waals surface area contributed by atoms with Crippen LogP contribution in [0.1, 0.15) is 48.8 Å². The third-order valence-electron chi connectivity index (χ3n) is 7.54. The van der Waals surface area contributed by atoms with Gasteiger partial charge in [-0.1, -0.05) is 97.4 Å². The number of benzene rings is 4. The van der Waals surface area contributed by atoms with Crippen LogP contribution >= 0.6 is 0 Å². The maximum Gasteiger partial charge on any atom is 0.123 e. The van der Waals surface area contributed by atoms with Gasteiger partial charge in [-0.3, -0.25) is 10.2 Å². The molecule has 38 heavy (non-hydrogen) atoms. The normalized spacial score (nSPS) is 15.2. The van der Waals surface area contributed by atoms with E-state index < -0.39 is 5.54 Å². The maximum atomic E-state index is 13.3. The van der Waals surface area contributed by atoms with E-state index >= 15 is 0 Å². The molecule has 0 amide bonds. The highest BCUT2D eigenvalue weighted by molar-refractivity contribution is 5.49. The highest BCUT2D eigenvalue weighted by atomic mass is 19.1. The molecular weight excluding hydrogens is 471 g/mol. The zero-order valence-electron chi connectivity index (χ0n) is 21.9. The molecule has 4 heteroatoms. The van der Waals surface area contributed by atoms with E-state index in [4.69, 9.17) is 4.74 Å². The van der Waals surface area contributed by atoms with E-state index in [1.165, 1.54) is 48.1 Å². The zero-order chi connectivity index (χ0) is 26.0. The summed E-state index contributed by atoms with van der Waals surface area (Å²) < 4.78 is 19.3. The van der Waals surface area contributed by atoms with Crippen LogP contribution in [0.2, 0.25) is 0 Å². The van der Waals surface area contributed by atoms with Crippen LogP contribution in [0.5, 0.6) is 5.75 Å². The molecular formula is C34H37FN2O.